The van der Waals surface area contributed by atoms with Crippen LogP contribution in [0.3, 0.4) is 0 Å². The highest BCUT2D eigenvalue weighted by atomic mass is 16.3. The molecule has 0 spiro atoms. The topological polar surface area (TPSA) is 52.6 Å². The Kier molecular flexibility index (Phi) is 17.0. The molecule has 0 atom stereocenters. The van der Waals surface area contributed by atoms with Crippen molar-refractivity contribution in [3.63, 3.8) is 0 Å². The molecule has 0 bridgehead atoms. The van der Waals surface area contributed by atoms with Crippen molar-refractivity contribution in [2.24, 2.45) is 0 Å². The van der Waals surface area contributed by atoms with Crippen LogP contribution >= 0.6 is 0 Å². The van der Waals surface area contributed by atoms with Crippen LogP contribution in [-0.4, -0.2) is 48.7 Å². The first-order valence-electron chi connectivity index (χ1n) is 6.82. The Morgan fingerprint density at radius 3 is 2.12 bits per heavy atom. The Morgan fingerprint density at radius 2 is 1.76 bits per heavy atom. The van der Waals surface area contributed by atoms with Crippen LogP contribution in [0, 0.1) is 0 Å². The van der Waals surface area contributed by atoms with E-state index in [1.165, 1.54) is 38.9 Å². The van der Waals surface area contributed by atoms with Crippen LogP contribution in [0.5, 0.6) is 0 Å². The molecule has 2 N–H and O–H groups in total. The first-order chi connectivity index (χ1) is 8.28. The number of hydrogen-bond donors (Lipinski definition) is 2. The van der Waals surface area contributed by atoms with Gasteiger partial charge >= 0.3 is 0 Å². The zero-order chi connectivity index (χ0) is 13.5. The number of carbonyl (C=O) groups is 1. The van der Waals surface area contributed by atoms with Gasteiger partial charge in [0.1, 0.15) is 0 Å². The highest BCUT2D eigenvalue weighted by molar-refractivity contribution is 5.32. The van der Waals surface area contributed by atoms with E-state index in [1.807, 2.05) is 13.8 Å². The van der Waals surface area contributed by atoms with E-state index in [-0.39, 0.29) is 6.47 Å². The Balaban J connectivity index is 0. The summed E-state index contributed by atoms with van der Waals surface area (Å²) in [7, 11) is 0. The maximum Gasteiger partial charge on any atom is 0.290 e. The van der Waals surface area contributed by atoms with Gasteiger partial charge in [0.2, 0.25) is 0 Å². The standard InChI is InChI=1S/C10H22N2.C2H6.CH2O2/c1-3-7-12-8-5-10(6-9-12)11-4-2;1-2;2-1-3/h10-11H,3-9H2,1-2H3;1-2H3;1H,(H,2,3). The van der Waals surface area contributed by atoms with E-state index in [0.717, 1.165) is 12.6 Å². The van der Waals surface area contributed by atoms with Crippen molar-refractivity contribution in [1.82, 2.24) is 10.2 Å². The molecule has 0 aromatic rings. The van der Waals surface area contributed by atoms with Crippen molar-refractivity contribution in [2.75, 3.05) is 26.2 Å². The largest absolute Gasteiger partial charge is 0.483 e. The van der Waals surface area contributed by atoms with Crippen molar-refractivity contribution in [2.45, 2.75) is 53.0 Å². The van der Waals surface area contributed by atoms with Crippen LogP contribution in [0.25, 0.3) is 0 Å². The molecule has 0 radical (unpaired) electrons. The molecule has 1 rings (SSSR count). The van der Waals surface area contributed by atoms with E-state index in [9.17, 15) is 0 Å². The molecular formula is C13H30N2O2. The normalized spacial score (nSPS) is 16.2. The van der Waals surface area contributed by atoms with Gasteiger partial charge in [0.25, 0.3) is 6.47 Å². The molecule has 1 heterocycles. The lowest BCUT2D eigenvalue weighted by Crippen LogP contribution is -2.42. The van der Waals surface area contributed by atoms with Gasteiger partial charge in [-0.25, -0.2) is 0 Å². The molecule has 0 aromatic heterocycles. The molecule has 104 valence electrons. The molecule has 4 nitrogen and oxygen atoms in total. The van der Waals surface area contributed by atoms with E-state index in [1.54, 1.807) is 0 Å². The number of nitrogens with one attached hydrogen (secondary N) is 1. The lowest BCUT2D eigenvalue weighted by Gasteiger charge is -2.31. The summed E-state index contributed by atoms with van der Waals surface area (Å²) in [6.07, 6.45) is 3.98. The number of hydrogen-bond acceptors (Lipinski definition) is 3. The van der Waals surface area contributed by atoms with Gasteiger partial charge in [-0.2, -0.15) is 0 Å². The van der Waals surface area contributed by atoms with Crippen LogP contribution in [0.15, 0.2) is 0 Å². The molecule has 0 amide bonds. The van der Waals surface area contributed by atoms with Crippen molar-refractivity contribution in [1.29, 1.82) is 0 Å². The number of likely N-dealkylation sites (tertiary alicyclic amines) is 1. The summed E-state index contributed by atoms with van der Waals surface area (Å²) in [4.78, 5) is 10.9. The van der Waals surface area contributed by atoms with E-state index < -0.39 is 0 Å². The number of rotatable bonds is 4. The van der Waals surface area contributed by atoms with Crippen molar-refractivity contribution in [3.05, 3.63) is 0 Å². The second-order valence-electron chi connectivity index (χ2n) is 3.78. The van der Waals surface area contributed by atoms with Gasteiger partial charge in [0.05, 0.1) is 0 Å². The second-order valence-corrected chi connectivity index (χ2v) is 3.78. The predicted octanol–water partition coefficient (Wildman–Crippen LogP) is 2.20. The molecule has 1 aliphatic rings. The van der Waals surface area contributed by atoms with Crippen LogP contribution in [-0.2, 0) is 4.79 Å². The average Bonchev–Trinajstić information content (AvgIpc) is 2.36. The SMILES string of the molecule is CC.CCCN1CCC(NCC)CC1.O=CO. The zero-order valence-electron chi connectivity index (χ0n) is 11.9. The summed E-state index contributed by atoms with van der Waals surface area (Å²) in [5.74, 6) is 0. The van der Waals surface area contributed by atoms with Crippen molar-refractivity contribution < 1.29 is 9.90 Å². The lowest BCUT2D eigenvalue weighted by molar-refractivity contribution is -0.122. The van der Waals surface area contributed by atoms with Gasteiger partial charge in [-0.05, 0) is 45.4 Å². The first kappa shape index (κ1) is 18.7. The minimum absolute atomic E-state index is 0.250. The van der Waals surface area contributed by atoms with E-state index in [0.29, 0.717) is 0 Å². The van der Waals surface area contributed by atoms with Gasteiger partial charge in [0.15, 0.2) is 0 Å². The molecule has 17 heavy (non-hydrogen) atoms. The molecule has 0 unspecified atom stereocenters. The molecule has 4 heteroatoms. The fourth-order valence-electron chi connectivity index (χ4n) is 1.97. The summed E-state index contributed by atoms with van der Waals surface area (Å²) < 4.78 is 0. The van der Waals surface area contributed by atoms with Crippen LogP contribution < -0.4 is 5.32 Å². The first-order valence-corrected chi connectivity index (χ1v) is 6.82. The van der Waals surface area contributed by atoms with Crippen LogP contribution in [0.4, 0.5) is 0 Å². The van der Waals surface area contributed by atoms with Crippen molar-refractivity contribution in [3.8, 4) is 0 Å². The molecule has 1 saturated heterocycles. The van der Waals surface area contributed by atoms with E-state index >= 15 is 0 Å². The smallest absolute Gasteiger partial charge is 0.290 e. The van der Waals surface area contributed by atoms with E-state index in [2.05, 4.69) is 24.1 Å². The maximum atomic E-state index is 8.36. The van der Waals surface area contributed by atoms with Gasteiger partial charge in [-0.1, -0.05) is 27.7 Å². The summed E-state index contributed by atoms with van der Waals surface area (Å²) in [5, 5.41) is 10.4. The van der Waals surface area contributed by atoms with Gasteiger partial charge in [0, 0.05) is 6.04 Å². The summed E-state index contributed by atoms with van der Waals surface area (Å²) in [5.41, 5.74) is 0. The summed E-state index contributed by atoms with van der Waals surface area (Å²) >= 11 is 0. The Labute approximate surface area is 106 Å². The predicted molar refractivity (Wildman–Crippen MR) is 73.5 cm³/mol. The third-order valence-corrected chi connectivity index (χ3v) is 2.62. The summed E-state index contributed by atoms with van der Waals surface area (Å²) in [6.45, 7) is 13.2. The third kappa shape index (κ3) is 11.6. The lowest BCUT2D eigenvalue weighted by atomic mass is 10.1. The number of piperidine rings is 1. The molecule has 0 aliphatic carbocycles. The molecular weight excluding hydrogens is 216 g/mol. The fourth-order valence-corrected chi connectivity index (χ4v) is 1.97. The van der Waals surface area contributed by atoms with Crippen molar-refractivity contribution >= 4 is 6.47 Å². The number of carboxylic acid groups (broad SMARTS) is 1. The van der Waals surface area contributed by atoms with Crippen LogP contribution in [0.1, 0.15) is 47.0 Å². The quantitative estimate of drug-likeness (QED) is 0.747. The van der Waals surface area contributed by atoms with Gasteiger partial charge < -0.3 is 15.3 Å². The minimum Gasteiger partial charge on any atom is -0.483 e. The molecule has 0 aromatic carbocycles. The zero-order valence-corrected chi connectivity index (χ0v) is 11.9. The Morgan fingerprint density at radius 1 is 1.29 bits per heavy atom. The van der Waals surface area contributed by atoms with E-state index in [4.69, 9.17) is 9.90 Å². The Hall–Kier alpha value is -0.610. The second kappa shape index (κ2) is 15.4. The summed E-state index contributed by atoms with van der Waals surface area (Å²) in [6, 6.07) is 0.795. The average molecular weight is 246 g/mol. The minimum atomic E-state index is -0.250. The maximum absolute atomic E-state index is 8.36. The monoisotopic (exact) mass is 246 g/mol. The number of nitrogens with zero attached hydrogens (tertiary/aromatic N) is 1. The van der Waals surface area contributed by atoms with Crippen LogP contribution in [0.2, 0.25) is 0 Å². The third-order valence-electron chi connectivity index (χ3n) is 2.62. The molecule has 0 saturated carbocycles. The van der Waals surface area contributed by atoms with Gasteiger partial charge in [-0.15, -0.1) is 0 Å². The highest BCUT2D eigenvalue weighted by Crippen LogP contribution is 2.09. The Bertz CT molecular complexity index is 132. The van der Waals surface area contributed by atoms with Gasteiger partial charge in [-0.3, -0.25) is 4.79 Å². The molecule has 1 aliphatic heterocycles. The molecule has 1 fully saturated rings. The fraction of sp³-hybridized carbons (Fsp3) is 0.923. The highest BCUT2D eigenvalue weighted by Gasteiger charge is 2.16.